The molecule has 1 aliphatic heterocycles. The van der Waals surface area contributed by atoms with Crippen LogP contribution in [0.5, 0.6) is 11.5 Å². The summed E-state index contributed by atoms with van der Waals surface area (Å²) in [4.78, 5) is 0. The van der Waals surface area contributed by atoms with E-state index in [2.05, 4.69) is 5.32 Å². The highest BCUT2D eigenvalue weighted by molar-refractivity contribution is 5.85. The standard InChI is InChI=1S/C9H11NO3.ClH/c11-4-3-10-7-1-2-8-9(5-7)13-6-12-8;/h1-2,5,10-11H,3-4,6H2;1H. The lowest BCUT2D eigenvalue weighted by Gasteiger charge is -2.04. The van der Waals surface area contributed by atoms with E-state index in [0.717, 1.165) is 17.2 Å². The molecule has 0 aliphatic carbocycles. The van der Waals surface area contributed by atoms with Gasteiger partial charge in [0.1, 0.15) is 0 Å². The minimum absolute atomic E-state index is 0. The third-order valence-corrected chi connectivity index (χ3v) is 1.81. The quantitative estimate of drug-likeness (QED) is 0.800. The van der Waals surface area contributed by atoms with Crippen LogP contribution >= 0.6 is 12.4 Å². The maximum absolute atomic E-state index is 8.60. The number of halogens is 1. The summed E-state index contributed by atoms with van der Waals surface area (Å²) in [5, 5.41) is 11.6. The van der Waals surface area contributed by atoms with Gasteiger partial charge in [-0.2, -0.15) is 0 Å². The van der Waals surface area contributed by atoms with Crippen molar-refractivity contribution in [3.63, 3.8) is 0 Å². The predicted octanol–water partition coefficient (Wildman–Crippen LogP) is 1.24. The van der Waals surface area contributed by atoms with Gasteiger partial charge < -0.3 is 19.9 Å². The smallest absolute Gasteiger partial charge is 0.231 e. The van der Waals surface area contributed by atoms with E-state index in [4.69, 9.17) is 14.6 Å². The highest BCUT2D eigenvalue weighted by Crippen LogP contribution is 2.33. The Kier molecular flexibility index (Phi) is 3.85. The minimum atomic E-state index is 0. The number of aliphatic hydroxyl groups is 1. The fourth-order valence-corrected chi connectivity index (χ4v) is 1.21. The largest absolute Gasteiger partial charge is 0.454 e. The van der Waals surface area contributed by atoms with Gasteiger partial charge in [0.15, 0.2) is 11.5 Å². The van der Waals surface area contributed by atoms with E-state index in [1.54, 1.807) is 0 Å². The average Bonchev–Trinajstić information content (AvgIpc) is 2.61. The Balaban J connectivity index is 0.000000980. The predicted molar refractivity (Wildman–Crippen MR) is 55.4 cm³/mol. The van der Waals surface area contributed by atoms with Gasteiger partial charge in [-0.25, -0.2) is 0 Å². The van der Waals surface area contributed by atoms with E-state index in [1.165, 1.54) is 0 Å². The number of ether oxygens (including phenoxy) is 2. The van der Waals surface area contributed by atoms with Crippen LogP contribution in [0.25, 0.3) is 0 Å². The fraction of sp³-hybridized carbons (Fsp3) is 0.333. The van der Waals surface area contributed by atoms with Gasteiger partial charge >= 0.3 is 0 Å². The van der Waals surface area contributed by atoms with Gasteiger partial charge in [0.2, 0.25) is 6.79 Å². The van der Waals surface area contributed by atoms with Crippen molar-refractivity contribution in [1.29, 1.82) is 0 Å². The topological polar surface area (TPSA) is 50.7 Å². The van der Waals surface area contributed by atoms with Gasteiger partial charge in [0.05, 0.1) is 6.61 Å². The lowest BCUT2D eigenvalue weighted by molar-refractivity contribution is 0.174. The van der Waals surface area contributed by atoms with Crippen molar-refractivity contribution in [2.45, 2.75) is 0 Å². The molecular weight excluding hydrogens is 206 g/mol. The third kappa shape index (κ3) is 2.21. The summed E-state index contributed by atoms with van der Waals surface area (Å²) < 4.78 is 10.4. The van der Waals surface area contributed by atoms with Gasteiger partial charge in [-0.15, -0.1) is 12.4 Å². The van der Waals surface area contributed by atoms with Crippen LogP contribution in [-0.2, 0) is 0 Å². The van der Waals surface area contributed by atoms with Gasteiger partial charge in [-0.3, -0.25) is 0 Å². The van der Waals surface area contributed by atoms with Gasteiger partial charge in [-0.1, -0.05) is 0 Å². The Morgan fingerprint density at radius 1 is 1.29 bits per heavy atom. The molecule has 0 saturated carbocycles. The molecule has 0 spiro atoms. The number of fused-ring (bicyclic) bond motifs is 1. The normalized spacial score (nSPS) is 12.1. The molecule has 2 N–H and O–H groups in total. The molecule has 0 atom stereocenters. The van der Waals surface area contributed by atoms with Crippen LogP contribution in [0.4, 0.5) is 5.69 Å². The van der Waals surface area contributed by atoms with Crippen molar-refractivity contribution in [2.24, 2.45) is 0 Å². The van der Waals surface area contributed by atoms with Crippen LogP contribution in [0.3, 0.4) is 0 Å². The molecule has 0 aromatic heterocycles. The van der Waals surface area contributed by atoms with Crippen molar-refractivity contribution in [3.05, 3.63) is 18.2 Å². The molecule has 2 rings (SSSR count). The number of hydrogen-bond donors (Lipinski definition) is 2. The molecule has 4 nitrogen and oxygen atoms in total. The summed E-state index contributed by atoms with van der Waals surface area (Å²) in [5.41, 5.74) is 0.929. The summed E-state index contributed by atoms with van der Waals surface area (Å²) in [6.45, 7) is 0.951. The van der Waals surface area contributed by atoms with Gasteiger partial charge in [0, 0.05) is 18.3 Å². The summed E-state index contributed by atoms with van der Waals surface area (Å²) in [6, 6.07) is 5.60. The molecule has 0 saturated heterocycles. The maximum Gasteiger partial charge on any atom is 0.231 e. The first-order valence-corrected chi connectivity index (χ1v) is 4.14. The van der Waals surface area contributed by atoms with E-state index < -0.39 is 0 Å². The Hall–Kier alpha value is -1.13. The molecule has 5 heteroatoms. The van der Waals surface area contributed by atoms with Crippen molar-refractivity contribution < 1.29 is 14.6 Å². The highest BCUT2D eigenvalue weighted by atomic mass is 35.5. The Morgan fingerprint density at radius 3 is 2.86 bits per heavy atom. The summed E-state index contributed by atoms with van der Waals surface area (Å²) in [7, 11) is 0. The minimum Gasteiger partial charge on any atom is -0.454 e. The van der Waals surface area contributed by atoms with Crippen molar-refractivity contribution in [3.8, 4) is 11.5 Å². The van der Waals surface area contributed by atoms with Crippen LogP contribution in [-0.4, -0.2) is 25.1 Å². The zero-order chi connectivity index (χ0) is 9.10. The second-order valence-corrected chi connectivity index (χ2v) is 2.72. The molecule has 0 radical (unpaired) electrons. The lowest BCUT2D eigenvalue weighted by atomic mass is 10.3. The Morgan fingerprint density at radius 2 is 2.07 bits per heavy atom. The van der Waals surface area contributed by atoms with Crippen LogP contribution < -0.4 is 14.8 Å². The van der Waals surface area contributed by atoms with Crippen LogP contribution in [0.1, 0.15) is 0 Å². The second kappa shape index (κ2) is 4.93. The molecule has 1 aliphatic rings. The summed E-state index contributed by atoms with van der Waals surface area (Å²) in [6.07, 6.45) is 0. The van der Waals surface area contributed by atoms with Gasteiger partial charge in [0.25, 0.3) is 0 Å². The van der Waals surface area contributed by atoms with E-state index in [0.29, 0.717) is 13.3 Å². The van der Waals surface area contributed by atoms with Gasteiger partial charge in [-0.05, 0) is 12.1 Å². The summed E-state index contributed by atoms with van der Waals surface area (Å²) in [5.74, 6) is 1.53. The van der Waals surface area contributed by atoms with E-state index in [9.17, 15) is 0 Å². The van der Waals surface area contributed by atoms with Crippen molar-refractivity contribution in [2.75, 3.05) is 25.3 Å². The molecule has 0 bridgehead atoms. The molecule has 1 heterocycles. The SMILES string of the molecule is Cl.OCCNc1ccc2c(c1)OCO2. The van der Waals surface area contributed by atoms with E-state index >= 15 is 0 Å². The first kappa shape index (κ1) is 10.9. The molecule has 1 aromatic rings. The first-order valence-electron chi connectivity index (χ1n) is 4.14. The summed E-state index contributed by atoms with van der Waals surface area (Å²) >= 11 is 0. The van der Waals surface area contributed by atoms with Crippen LogP contribution in [0, 0.1) is 0 Å². The van der Waals surface area contributed by atoms with Crippen molar-refractivity contribution in [1.82, 2.24) is 0 Å². The van der Waals surface area contributed by atoms with Crippen LogP contribution in [0.15, 0.2) is 18.2 Å². The lowest BCUT2D eigenvalue weighted by Crippen LogP contribution is -2.04. The second-order valence-electron chi connectivity index (χ2n) is 2.72. The fourth-order valence-electron chi connectivity index (χ4n) is 1.21. The molecule has 0 unspecified atom stereocenters. The molecule has 0 fully saturated rings. The molecule has 14 heavy (non-hydrogen) atoms. The third-order valence-electron chi connectivity index (χ3n) is 1.81. The zero-order valence-corrected chi connectivity index (χ0v) is 8.34. The molecular formula is C9H12ClNO3. The van der Waals surface area contributed by atoms with Crippen molar-refractivity contribution >= 4 is 18.1 Å². The number of benzene rings is 1. The number of nitrogens with one attached hydrogen (secondary N) is 1. The number of rotatable bonds is 3. The monoisotopic (exact) mass is 217 g/mol. The van der Waals surface area contributed by atoms with E-state index in [-0.39, 0.29) is 19.0 Å². The number of anilines is 1. The molecule has 0 amide bonds. The average molecular weight is 218 g/mol. The number of aliphatic hydroxyl groups excluding tert-OH is 1. The molecule has 78 valence electrons. The Bertz CT molecular complexity index is 306. The van der Waals surface area contributed by atoms with Crippen LogP contribution in [0.2, 0.25) is 0 Å². The maximum atomic E-state index is 8.60. The Labute approximate surface area is 88.2 Å². The first-order chi connectivity index (χ1) is 6.40. The van der Waals surface area contributed by atoms with E-state index in [1.807, 2.05) is 18.2 Å². The number of hydrogen-bond acceptors (Lipinski definition) is 4. The zero-order valence-electron chi connectivity index (χ0n) is 7.53. The highest BCUT2D eigenvalue weighted by Gasteiger charge is 2.12. The molecule has 1 aromatic carbocycles.